The highest BCUT2D eigenvalue weighted by molar-refractivity contribution is 7.92. The number of carbonyl (C=O) groups excluding carboxylic acids is 2. The van der Waals surface area contributed by atoms with Crippen molar-refractivity contribution in [3.05, 3.63) is 71.6 Å². The van der Waals surface area contributed by atoms with Crippen LogP contribution in [0.1, 0.15) is 10.6 Å². The van der Waals surface area contributed by atoms with Crippen molar-refractivity contribution in [2.45, 2.75) is 4.90 Å². The minimum absolute atomic E-state index is 0.0684. The molecule has 0 unspecified atom stereocenters. The monoisotopic (exact) mass is 463 g/mol. The van der Waals surface area contributed by atoms with Crippen molar-refractivity contribution in [3.63, 3.8) is 0 Å². The first-order valence-electron chi connectivity index (χ1n) is 8.86. The van der Waals surface area contributed by atoms with E-state index in [-0.39, 0.29) is 28.6 Å². The Balaban J connectivity index is 1.72. The molecule has 9 nitrogen and oxygen atoms in total. The Morgan fingerprint density at radius 2 is 1.77 bits per heavy atom. The molecule has 162 valence electrons. The van der Waals surface area contributed by atoms with E-state index in [1.54, 1.807) is 18.2 Å². The van der Waals surface area contributed by atoms with Gasteiger partial charge in [0.05, 0.1) is 19.9 Å². The SMILES string of the molecule is COc1ccc(NC(=O)CNC(=O)c2ccco2)cc1S(=O)(=O)Nc1ccc(Cl)cc1. The number of methoxy groups -OCH3 is 1. The van der Waals surface area contributed by atoms with Crippen LogP contribution in [-0.4, -0.2) is 33.9 Å². The molecule has 0 saturated heterocycles. The van der Waals surface area contributed by atoms with E-state index in [1.807, 2.05) is 0 Å². The summed E-state index contributed by atoms with van der Waals surface area (Å²) in [5.41, 5.74) is 0.510. The smallest absolute Gasteiger partial charge is 0.287 e. The number of sulfonamides is 1. The van der Waals surface area contributed by atoms with Crippen molar-refractivity contribution in [2.24, 2.45) is 0 Å². The predicted molar refractivity (Wildman–Crippen MR) is 115 cm³/mol. The second-order valence-corrected chi connectivity index (χ2v) is 8.27. The minimum atomic E-state index is -4.03. The summed E-state index contributed by atoms with van der Waals surface area (Å²) in [6.07, 6.45) is 1.34. The number of ether oxygens (including phenoxy) is 1. The summed E-state index contributed by atoms with van der Waals surface area (Å²) < 4.78 is 38.2. The van der Waals surface area contributed by atoms with Crippen LogP contribution in [0.2, 0.25) is 5.02 Å². The van der Waals surface area contributed by atoms with Gasteiger partial charge in [0, 0.05) is 16.4 Å². The van der Waals surface area contributed by atoms with E-state index in [0.717, 1.165) is 0 Å². The number of carbonyl (C=O) groups is 2. The van der Waals surface area contributed by atoms with Gasteiger partial charge in [-0.3, -0.25) is 14.3 Å². The van der Waals surface area contributed by atoms with Gasteiger partial charge >= 0.3 is 0 Å². The number of benzene rings is 2. The molecule has 0 saturated carbocycles. The molecule has 0 bridgehead atoms. The molecule has 2 aromatic carbocycles. The first-order chi connectivity index (χ1) is 14.8. The largest absolute Gasteiger partial charge is 0.495 e. The van der Waals surface area contributed by atoms with Gasteiger partial charge in [0.15, 0.2) is 5.76 Å². The molecule has 11 heteroatoms. The summed E-state index contributed by atoms with van der Waals surface area (Å²) in [6, 6.07) is 13.3. The van der Waals surface area contributed by atoms with E-state index in [2.05, 4.69) is 15.4 Å². The lowest BCUT2D eigenvalue weighted by Crippen LogP contribution is -2.32. The maximum absolute atomic E-state index is 12.8. The molecular weight excluding hydrogens is 446 g/mol. The summed E-state index contributed by atoms with van der Waals surface area (Å²) in [4.78, 5) is 23.8. The molecule has 0 aliphatic rings. The first kappa shape index (κ1) is 22.2. The zero-order valence-electron chi connectivity index (χ0n) is 16.2. The van der Waals surface area contributed by atoms with Crippen LogP contribution in [0.25, 0.3) is 0 Å². The standard InChI is InChI=1S/C20H18ClN3O6S/c1-29-16-9-8-15(23-19(25)12-22-20(26)17-3-2-10-30-17)11-18(16)31(27,28)24-14-6-4-13(21)5-7-14/h2-11,24H,12H2,1H3,(H,22,26)(H,23,25). The highest BCUT2D eigenvalue weighted by Crippen LogP contribution is 2.29. The Bertz CT molecular complexity index is 1180. The van der Waals surface area contributed by atoms with Crippen molar-refractivity contribution in [1.29, 1.82) is 0 Å². The summed E-state index contributed by atoms with van der Waals surface area (Å²) in [6.45, 7) is -0.337. The van der Waals surface area contributed by atoms with E-state index < -0.39 is 21.8 Å². The number of halogens is 1. The van der Waals surface area contributed by atoms with Crippen LogP contribution in [0.15, 0.2) is 70.2 Å². The Hall–Kier alpha value is -3.50. The van der Waals surface area contributed by atoms with E-state index in [1.165, 1.54) is 49.8 Å². The normalized spacial score (nSPS) is 10.9. The second kappa shape index (κ2) is 9.54. The number of amides is 2. The molecule has 3 N–H and O–H groups in total. The van der Waals surface area contributed by atoms with Gasteiger partial charge in [0.25, 0.3) is 15.9 Å². The van der Waals surface area contributed by atoms with E-state index in [0.29, 0.717) is 10.7 Å². The lowest BCUT2D eigenvalue weighted by atomic mass is 10.3. The van der Waals surface area contributed by atoms with Crippen LogP contribution in [0.4, 0.5) is 11.4 Å². The molecule has 31 heavy (non-hydrogen) atoms. The molecule has 1 aromatic heterocycles. The Kier molecular flexibility index (Phi) is 6.83. The number of anilines is 2. The Labute approximate surface area is 183 Å². The number of hydrogen-bond donors (Lipinski definition) is 3. The maximum atomic E-state index is 12.8. The highest BCUT2D eigenvalue weighted by atomic mass is 35.5. The molecule has 0 atom stereocenters. The lowest BCUT2D eigenvalue weighted by molar-refractivity contribution is -0.115. The van der Waals surface area contributed by atoms with Crippen LogP contribution >= 0.6 is 11.6 Å². The van der Waals surface area contributed by atoms with Crippen molar-refractivity contribution in [1.82, 2.24) is 5.32 Å². The van der Waals surface area contributed by atoms with Crippen LogP contribution in [0, 0.1) is 0 Å². The van der Waals surface area contributed by atoms with Crippen molar-refractivity contribution < 1.29 is 27.2 Å². The molecule has 0 spiro atoms. The van der Waals surface area contributed by atoms with Crippen molar-refractivity contribution in [2.75, 3.05) is 23.7 Å². The van der Waals surface area contributed by atoms with Gasteiger partial charge < -0.3 is 19.8 Å². The third kappa shape index (κ3) is 5.77. The average molecular weight is 464 g/mol. The zero-order chi connectivity index (χ0) is 22.4. The first-order valence-corrected chi connectivity index (χ1v) is 10.7. The van der Waals surface area contributed by atoms with Gasteiger partial charge in [0.2, 0.25) is 5.91 Å². The summed E-state index contributed by atoms with van der Waals surface area (Å²) in [5.74, 6) is -0.950. The summed E-state index contributed by atoms with van der Waals surface area (Å²) >= 11 is 5.82. The molecule has 2 amide bonds. The maximum Gasteiger partial charge on any atom is 0.287 e. The third-order valence-corrected chi connectivity index (χ3v) is 5.64. The van der Waals surface area contributed by atoms with Crippen molar-refractivity contribution in [3.8, 4) is 5.75 Å². The fourth-order valence-corrected chi connectivity index (χ4v) is 3.93. The molecule has 0 aliphatic heterocycles. The van der Waals surface area contributed by atoms with Gasteiger partial charge in [-0.25, -0.2) is 8.42 Å². The van der Waals surface area contributed by atoms with Gasteiger partial charge in [-0.1, -0.05) is 11.6 Å². The molecule has 0 radical (unpaired) electrons. The molecule has 3 rings (SSSR count). The van der Waals surface area contributed by atoms with Crippen molar-refractivity contribution >= 4 is 44.8 Å². The van der Waals surface area contributed by atoms with Gasteiger partial charge in [-0.2, -0.15) is 0 Å². The van der Waals surface area contributed by atoms with Gasteiger partial charge in [-0.15, -0.1) is 0 Å². The van der Waals surface area contributed by atoms with E-state index >= 15 is 0 Å². The number of nitrogens with one attached hydrogen (secondary N) is 3. The number of rotatable bonds is 8. The highest BCUT2D eigenvalue weighted by Gasteiger charge is 2.21. The van der Waals surface area contributed by atoms with Crippen LogP contribution in [0.3, 0.4) is 0 Å². The molecule has 1 heterocycles. The Morgan fingerprint density at radius 3 is 2.42 bits per heavy atom. The van der Waals surface area contributed by atoms with E-state index in [4.69, 9.17) is 20.8 Å². The molecular formula is C20H18ClN3O6S. The van der Waals surface area contributed by atoms with Crippen LogP contribution in [-0.2, 0) is 14.8 Å². The van der Waals surface area contributed by atoms with Gasteiger partial charge in [-0.05, 0) is 54.6 Å². The predicted octanol–water partition coefficient (Wildman–Crippen LogP) is 3.11. The van der Waals surface area contributed by atoms with Crippen LogP contribution < -0.4 is 20.1 Å². The Morgan fingerprint density at radius 1 is 1.06 bits per heavy atom. The molecule has 3 aromatic rings. The number of furan rings is 1. The topological polar surface area (TPSA) is 127 Å². The zero-order valence-corrected chi connectivity index (χ0v) is 17.8. The quantitative estimate of drug-likeness (QED) is 0.471. The summed E-state index contributed by atoms with van der Waals surface area (Å²) in [7, 11) is -2.70. The molecule has 0 fully saturated rings. The lowest BCUT2D eigenvalue weighted by Gasteiger charge is -2.14. The minimum Gasteiger partial charge on any atom is -0.495 e. The van der Waals surface area contributed by atoms with Gasteiger partial charge in [0.1, 0.15) is 10.6 Å². The fraction of sp³-hybridized carbons (Fsp3) is 0.100. The third-order valence-electron chi connectivity index (χ3n) is 3.99. The molecule has 0 aliphatic carbocycles. The van der Waals surface area contributed by atoms with Crippen LogP contribution in [0.5, 0.6) is 5.75 Å². The second-order valence-electron chi connectivity index (χ2n) is 6.19. The fourth-order valence-electron chi connectivity index (χ4n) is 2.55. The van der Waals surface area contributed by atoms with E-state index in [9.17, 15) is 18.0 Å². The number of hydrogen-bond acceptors (Lipinski definition) is 6. The summed E-state index contributed by atoms with van der Waals surface area (Å²) in [5, 5.41) is 5.39. The average Bonchev–Trinajstić information content (AvgIpc) is 3.28.